The van der Waals surface area contributed by atoms with Gasteiger partial charge in [-0.15, -0.1) is 0 Å². The van der Waals surface area contributed by atoms with Gasteiger partial charge in [0.2, 0.25) is 0 Å². The quantitative estimate of drug-likeness (QED) is 0.744. The van der Waals surface area contributed by atoms with Crippen LogP contribution in [0.3, 0.4) is 0 Å². The smallest absolute Gasteiger partial charge is 0.0153 e. The van der Waals surface area contributed by atoms with Crippen LogP contribution < -0.4 is 10.6 Å². The largest absolute Gasteiger partial charge is 0.317 e. The van der Waals surface area contributed by atoms with E-state index >= 15 is 0 Å². The molecule has 0 aromatic carbocycles. The summed E-state index contributed by atoms with van der Waals surface area (Å²) < 4.78 is 0. The third-order valence-corrected chi connectivity index (χ3v) is 4.27. The van der Waals surface area contributed by atoms with Crippen molar-refractivity contribution in [2.45, 2.75) is 57.4 Å². The van der Waals surface area contributed by atoms with Crippen LogP contribution in [-0.4, -0.2) is 25.2 Å². The van der Waals surface area contributed by atoms with E-state index in [1.54, 1.807) is 0 Å². The van der Waals surface area contributed by atoms with Crippen LogP contribution >= 0.6 is 0 Å². The fourth-order valence-corrected chi connectivity index (χ4v) is 3.08. The van der Waals surface area contributed by atoms with Crippen LogP contribution in [0.25, 0.3) is 0 Å². The first-order valence-electron chi connectivity index (χ1n) is 6.74. The molecule has 15 heavy (non-hydrogen) atoms. The highest BCUT2D eigenvalue weighted by atomic mass is 15.0. The van der Waals surface area contributed by atoms with Gasteiger partial charge in [-0.1, -0.05) is 12.8 Å². The normalized spacial score (nSPS) is 27.0. The van der Waals surface area contributed by atoms with Gasteiger partial charge in [-0.2, -0.15) is 0 Å². The van der Waals surface area contributed by atoms with E-state index < -0.39 is 0 Å². The van der Waals surface area contributed by atoms with Crippen LogP contribution in [0.5, 0.6) is 0 Å². The average Bonchev–Trinajstić information content (AvgIpc) is 2.67. The number of hydrogen-bond acceptors (Lipinski definition) is 2. The summed E-state index contributed by atoms with van der Waals surface area (Å²) in [6, 6.07) is 0. The van der Waals surface area contributed by atoms with Gasteiger partial charge < -0.3 is 10.6 Å². The molecule has 2 aliphatic rings. The van der Waals surface area contributed by atoms with E-state index in [1.165, 1.54) is 64.6 Å². The Morgan fingerprint density at radius 2 is 1.87 bits per heavy atom. The molecule has 1 saturated carbocycles. The van der Waals surface area contributed by atoms with E-state index in [0.717, 1.165) is 5.92 Å². The Hall–Kier alpha value is -0.0800. The molecule has 0 aromatic rings. The van der Waals surface area contributed by atoms with Crippen molar-refractivity contribution >= 4 is 0 Å². The van der Waals surface area contributed by atoms with Gasteiger partial charge >= 0.3 is 0 Å². The maximum Gasteiger partial charge on any atom is 0.0153 e. The van der Waals surface area contributed by atoms with Crippen LogP contribution in [0.15, 0.2) is 0 Å². The van der Waals surface area contributed by atoms with Crippen molar-refractivity contribution in [3.05, 3.63) is 0 Å². The summed E-state index contributed by atoms with van der Waals surface area (Å²) in [5, 5.41) is 7.22. The zero-order valence-electron chi connectivity index (χ0n) is 10.1. The van der Waals surface area contributed by atoms with Crippen molar-refractivity contribution in [1.82, 2.24) is 10.6 Å². The lowest BCUT2D eigenvalue weighted by atomic mass is 9.93. The average molecular weight is 210 g/mol. The Morgan fingerprint density at radius 1 is 1.20 bits per heavy atom. The first kappa shape index (κ1) is 11.4. The van der Waals surface area contributed by atoms with Crippen molar-refractivity contribution in [1.29, 1.82) is 0 Å². The van der Waals surface area contributed by atoms with Crippen molar-refractivity contribution < 1.29 is 0 Å². The van der Waals surface area contributed by atoms with E-state index in [1.807, 2.05) is 0 Å². The molecular formula is C13H26N2. The molecule has 88 valence electrons. The highest BCUT2D eigenvalue weighted by Gasteiger charge is 2.27. The molecule has 1 aliphatic carbocycles. The third kappa shape index (κ3) is 3.46. The zero-order chi connectivity index (χ0) is 10.6. The predicted molar refractivity (Wildman–Crippen MR) is 65.1 cm³/mol. The van der Waals surface area contributed by atoms with Crippen LogP contribution in [0.4, 0.5) is 0 Å². The Morgan fingerprint density at radius 3 is 2.53 bits per heavy atom. The van der Waals surface area contributed by atoms with Gasteiger partial charge in [0.1, 0.15) is 0 Å². The molecule has 0 bridgehead atoms. The SMILES string of the molecule is CC1(NCCC2CCNCC2)CCCC1. The second-order valence-corrected chi connectivity index (χ2v) is 5.68. The lowest BCUT2D eigenvalue weighted by Gasteiger charge is -2.28. The fourth-order valence-electron chi connectivity index (χ4n) is 3.08. The van der Waals surface area contributed by atoms with E-state index in [4.69, 9.17) is 0 Å². The first-order chi connectivity index (χ1) is 7.29. The summed E-state index contributed by atoms with van der Waals surface area (Å²) in [6.07, 6.45) is 9.79. The molecule has 1 aliphatic heterocycles. The van der Waals surface area contributed by atoms with E-state index in [0.29, 0.717) is 5.54 Å². The number of nitrogens with one attached hydrogen (secondary N) is 2. The monoisotopic (exact) mass is 210 g/mol. The van der Waals surface area contributed by atoms with Crippen LogP contribution in [0, 0.1) is 5.92 Å². The summed E-state index contributed by atoms with van der Waals surface area (Å²) >= 11 is 0. The van der Waals surface area contributed by atoms with Gasteiger partial charge in [0.25, 0.3) is 0 Å². The maximum absolute atomic E-state index is 3.78. The Bertz CT molecular complexity index is 179. The summed E-state index contributed by atoms with van der Waals surface area (Å²) in [5.41, 5.74) is 0.479. The topological polar surface area (TPSA) is 24.1 Å². The highest BCUT2D eigenvalue weighted by molar-refractivity contribution is 4.88. The molecule has 0 unspecified atom stereocenters. The van der Waals surface area contributed by atoms with Gasteiger partial charge in [-0.05, 0) is 64.6 Å². The minimum Gasteiger partial charge on any atom is -0.317 e. The minimum absolute atomic E-state index is 0.479. The van der Waals surface area contributed by atoms with Crippen LogP contribution in [0.1, 0.15) is 51.9 Å². The molecular weight excluding hydrogens is 184 g/mol. The molecule has 1 saturated heterocycles. The van der Waals surface area contributed by atoms with Gasteiger partial charge in [-0.3, -0.25) is 0 Å². The molecule has 0 aromatic heterocycles. The summed E-state index contributed by atoms with van der Waals surface area (Å²) in [4.78, 5) is 0. The summed E-state index contributed by atoms with van der Waals surface area (Å²) in [6.45, 7) is 6.12. The van der Waals surface area contributed by atoms with Gasteiger partial charge in [0, 0.05) is 5.54 Å². The zero-order valence-corrected chi connectivity index (χ0v) is 10.1. The molecule has 0 atom stereocenters. The molecule has 2 rings (SSSR count). The highest BCUT2D eigenvalue weighted by Crippen LogP contribution is 2.29. The van der Waals surface area contributed by atoms with Gasteiger partial charge in [-0.25, -0.2) is 0 Å². The number of rotatable bonds is 4. The molecule has 0 amide bonds. The lowest BCUT2D eigenvalue weighted by molar-refractivity contribution is 0.309. The van der Waals surface area contributed by atoms with Gasteiger partial charge in [0.15, 0.2) is 0 Å². The lowest BCUT2D eigenvalue weighted by Crippen LogP contribution is -2.41. The molecule has 0 spiro atoms. The van der Waals surface area contributed by atoms with Crippen molar-refractivity contribution in [3.8, 4) is 0 Å². The first-order valence-corrected chi connectivity index (χ1v) is 6.74. The van der Waals surface area contributed by atoms with E-state index in [-0.39, 0.29) is 0 Å². The van der Waals surface area contributed by atoms with Crippen molar-refractivity contribution in [2.75, 3.05) is 19.6 Å². The Balaban J connectivity index is 1.61. The maximum atomic E-state index is 3.78. The molecule has 0 radical (unpaired) electrons. The fraction of sp³-hybridized carbons (Fsp3) is 1.00. The predicted octanol–water partition coefficient (Wildman–Crippen LogP) is 2.30. The standard InChI is InChI=1S/C13H26N2/c1-13(7-2-3-8-13)15-11-6-12-4-9-14-10-5-12/h12,14-15H,2-11H2,1H3. The van der Waals surface area contributed by atoms with E-state index in [9.17, 15) is 0 Å². The number of piperidine rings is 1. The van der Waals surface area contributed by atoms with Crippen molar-refractivity contribution in [3.63, 3.8) is 0 Å². The molecule has 2 heteroatoms. The summed E-state index contributed by atoms with van der Waals surface area (Å²) in [7, 11) is 0. The van der Waals surface area contributed by atoms with Crippen LogP contribution in [-0.2, 0) is 0 Å². The second kappa shape index (κ2) is 5.31. The Labute approximate surface area is 94.2 Å². The minimum atomic E-state index is 0.479. The molecule has 2 N–H and O–H groups in total. The molecule has 2 nitrogen and oxygen atoms in total. The van der Waals surface area contributed by atoms with Crippen LogP contribution in [0.2, 0.25) is 0 Å². The summed E-state index contributed by atoms with van der Waals surface area (Å²) in [5.74, 6) is 0.976. The molecule has 2 fully saturated rings. The molecule has 1 heterocycles. The van der Waals surface area contributed by atoms with Crippen molar-refractivity contribution in [2.24, 2.45) is 5.92 Å². The van der Waals surface area contributed by atoms with E-state index in [2.05, 4.69) is 17.6 Å². The van der Waals surface area contributed by atoms with Gasteiger partial charge in [0.05, 0.1) is 0 Å². The second-order valence-electron chi connectivity index (χ2n) is 5.68. The Kier molecular flexibility index (Phi) is 4.04. The third-order valence-electron chi connectivity index (χ3n) is 4.27. The number of hydrogen-bond donors (Lipinski definition) is 2.